The van der Waals surface area contributed by atoms with Crippen LogP contribution in [0.3, 0.4) is 0 Å². The second kappa shape index (κ2) is 11.1. The molecule has 0 saturated carbocycles. The third-order valence-electron chi connectivity index (χ3n) is 4.98. The molecule has 0 saturated heterocycles. The fourth-order valence-corrected chi connectivity index (χ4v) is 4.23. The summed E-state index contributed by atoms with van der Waals surface area (Å²) in [5.41, 5.74) is 3.64. The van der Waals surface area contributed by atoms with Gasteiger partial charge in [-0.25, -0.2) is 0 Å². The lowest BCUT2D eigenvalue weighted by molar-refractivity contribution is -0.113. The highest BCUT2D eigenvalue weighted by Crippen LogP contribution is 2.28. The number of hydrogen-bond donors (Lipinski definition) is 2. The van der Waals surface area contributed by atoms with Gasteiger partial charge in [0.25, 0.3) is 0 Å². The molecule has 0 fully saturated rings. The maximum atomic E-state index is 12.7. The number of benzene rings is 3. The minimum absolute atomic E-state index is 0.145. The molecule has 0 atom stereocenters. The summed E-state index contributed by atoms with van der Waals surface area (Å²) in [4.78, 5) is 12.7. The van der Waals surface area contributed by atoms with Gasteiger partial charge in [0, 0.05) is 16.4 Å². The normalized spacial score (nSPS) is 10.7. The molecule has 0 aliphatic heterocycles. The monoisotopic (exact) mass is 493 g/mol. The standard InChI is InChI=1S/C25H24ClN5O2S/c1-17-8-11-19(12-9-17)27-15-23-29-30-25(31(23)20-6-4-3-5-7-20)34-16-24(32)28-21-14-18(26)10-13-22(21)33-2/h3-14,27H,15-16H2,1-2H3,(H,28,32). The summed E-state index contributed by atoms with van der Waals surface area (Å²) in [5.74, 6) is 1.23. The summed E-state index contributed by atoms with van der Waals surface area (Å²) < 4.78 is 7.26. The number of aromatic nitrogens is 3. The van der Waals surface area contributed by atoms with Crippen LogP contribution in [0, 0.1) is 6.92 Å². The fourth-order valence-electron chi connectivity index (χ4n) is 3.29. The maximum Gasteiger partial charge on any atom is 0.234 e. The molecule has 1 aromatic heterocycles. The number of hydrogen-bond acceptors (Lipinski definition) is 6. The number of carbonyl (C=O) groups is 1. The molecular formula is C25H24ClN5O2S. The molecular weight excluding hydrogens is 470 g/mol. The average molecular weight is 494 g/mol. The Morgan fingerprint density at radius 1 is 1.06 bits per heavy atom. The van der Waals surface area contributed by atoms with E-state index in [1.54, 1.807) is 25.3 Å². The molecule has 0 radical (unpaired) electrons. The second-order valence-electron chi connectivity index (χ2n) is 7.47. The predicted molar refractivity (Wildman–Crippen MR) is 137 cm³/mol. The van der Waals surface area contributed by atoms with Crippen molar-refractivity contribution in [3.8, 4) is 11.4 Å². The van der Waals surface area contributed by atoms with Gasteiger partial charge < -0.3 is 15.4 Å². The van der Waals surface area contributed by atoms with Crippen molar-refractivity contribution in [3.05, 3.63) is 89.2 Å². The predicted octanol–water partition coefficient (Wildman–Crippen LogP) is 5.58. The molecule has 9 heteroatoms. The Morgan fingerprint density at radius 2 is 1.82 bits per heavy atom. The van der Waals surface area contributed by atoms with E-state index in [-0.39, 0.29) is 11.7 Å². The van der Waals surface area contributed by atoms with Gasteiger partial charge in [-0.15, -0.1) is 10.2 Å². The van der Waals surface area contributed by atoms with Gasteiger partial charge >= 0.3 is 0 Å². The Hall–Kier alpha value is -3.49. The van der Waals surface area contributed by atoms with E-state index in [4.69, 9.17) is 16.3 Å². The Morgan fingerprint density at radius 3 is 2.56 bits per heavy atom. The molecule has 1 amide bonds. The second-order valence-corrected chi connectivity index (χ2v) is 8.85. The van der Waals surface area contributed by atoms with Crippen LogP contribution >= 0.6 is 23.4 Å². The number of thioether (sulfide) groups is 1. The number of para-hydroxylation sites is 1. The van der Waals surface area contributed by atoms with Crippen LogP contribution in [0.1, 0.15) is 11.4 Å². The summed E-state index contributed by atoms with van der Waals surface area (Å²) in [7, 11) is 1.54. The quantitative estimate of drug-likeness (QED) is 0.296. The highest BCUT2D eigenvalue weighted by molar-refractivity contribution is 7.99. The van der Waals surface area contributed by atoms with Crippen LogP contribution in [0.5, 0.6) is 5.75 Å². The first-order valence-corrected chi connectivity index (χ1v) is 12.0. The number of nitrogens with one attached hydrogen (secondary N) is 2. The van der Waals surface area contributed by atoms with Gasteiger partial charge in [-0.2, -0.15) is 0 Å². The van der Waals surface area contributed by atoms with E-state index >= 15 is 0 Å². The van der Waals surface area contributed by atoms with Crippen LogP contribution in [0.25, 0.3) is 5.69 Å². The molecule has 1 heterocycles. The van der Waals surface area contributed by atoms with Crippen LogP contribution in [0.15, 0.2) is 78.0 Å². The number of nitrogens with zero attached hydrogens (tertiary/aromatic N) is 3. The minimum atomic E-state index is -0.201. The average Bonchev–Trinajstić information content (AvgIpc) is 3.26. The summed E-state index contributed by atoms with van der Waals surface area (Å²) in [6.07, 6.45) is 0. The highest BCUT2D eigenvalue weighted by Gasteiger charge is 2.16. The van der Waals surface area contributed by atoms with Gasteiger partial charge in [0.1, 0.15) is 5.75 Å². The molecule has 174 valence electrons. The number of carbonyl (C=O) groups excluding carboxylic acids is 1. The van der Waals surface area contributed by atoms with Crippen LogP contribution in [0.2, 0.25) is 5.02 Å². The van der Waals surface area contributed by atoms with Gasteiger partial charge in [-0.05, 0) is 49.4 Å². The Kier molecular flexibility index (Phi) is 7.72. The van der Waals surface area contributed by atoms with E-state index in [0.717, 1.165) is 17.2 Å². The lowest BCUT2D eigenvalue weighted by Crippen LogP contribution is -2.15. The van der Waals surface area contributed by atoms with E-state index in [9.17, 15) is 4.79 Å². The van der Waals surface area contributed by atoms with E-state index < -0.39 is 0 Å². The lowest BCUT2D eigenvalue weighted by atomic mass is 10.2. The van der Waals surface area contributed by atoms with E-state index in [0.29, 0.717) is 28.2 Å². The Bertz CT molecular complexity index is 1260. The number of rotatable bonds is 9. The van der Waals surface area contributed by atoms with Crippen LogP contribution in [0.4, 0.5) is 11.4 Å². The van der Waals surface area contributed by atoms with Gasteiger partial charge in [-0.3, -0.25) is 9.36 Å². The molecule has 0 unspecified atom stereocenters. The van der Waals surface area contributed by atoms with Crippen LogP contribution in [-0.4, -0.2) is 33.5 Å². The molecule has 4 aromatic rings. The van der Waals surface area contributed by atoms with Gasteiger partial charge in [-0.1, -0.05) is 59.3 Å². The molecule has 4 rings (SSSR count). The summed E-state index contributed by atoms with van der Waals surface area (Å²) in [6, 6.07) is 23.1. The molecule has 3 aromatic carbocycles. The van der Waals surface area contributed by atoms with Crippen molar-refractivity contribution >= 4 is 40.6 Å². The maximum absolute atomic E-state index is 12.7. The highest BCUT2D eigenvalue weighted by atomic mass is 35.5. The molecule has 0 spiro atoms. The lowest BCUT2D eigenvalue weighted by Gasteiger charge is -2.12. The smallest absolute Gasteiger partial charge is 0.234 e. The van der Waals surface area contributed by atoms with E-state index in [1.807, 2.05) is 47.0 Å². The van der Waals surface area contributed by atoms with Crippen molar-refractivity contribution < 1.29 is 9.53 Å². The molecule has 0 aliphatic rings. The zero-order valence-corrected chi connectivity index (χ0v) is 20.4. The van der Waals surface area contributed by atoms with Crippen LogP contribution in [-0.2, 0) is 11.3 Å². The van der Waals surface area contributed by atoms with E-state index in [2.05, 4.69) is 39.9 Å². The number of halogens is 1. The molecule has 0 aliphatic carbocycles. The SMILES string of the molecule is COc1ccc(Cl)cc1NC(=O)CSc1nnc(CNc2ccc(C)cc2)n1-c1ccccc1. The summed E-state index contributed by atoms with van der Waals surface area (Å²) in [6.45, 7) is 2.54. The molecule has 7 nitrogen and oxygen atoms in total. The number of aryl methyl sites for hydroxylation is 1. The Labute approximate surface area is 207 Å². The third kappa shape index (κ3) is 5.89. The van der Waals surface area contributed by atoms with Crippen molar-refractivity contribution in [3.63, 3.8) is 0 Å². The zero-order valence-electron chi connectivity index (χ0n) is 18.8. The topological polar surface area (TPSA) is 81.1 Å². The zero-order chi connectivity index (χ0) is 23.9. The first kappa shape index (κ1) is 23.7. The number of ether oxygens (including phenoxy) is 1. The van der Waals surface area contributed by atoms with Crippen LogP contribution < -0.4 is 15.4 Å². The number of anilines is 2. The summed E-state index contributed by atoms with van der Waals surface area (Å²) >= 11 is 7.37. The first-order valence-electron chi connectivity index (χ1n) is 10.6. The van der Waals surface area contributed by atoms with Crippen molar-refractivity contribution in [1.82, 2.24) is 14.8 Å². The van der Waals surface area contributed by atoms with Crippen molar-refractivity contribution in [2.75, 3.05) is 23.5 Å². The Balaban J connectivity index is 1.49. The van der Waals surface area contributed by atoms with Gasteiger partial charge in [0.05, 0.1) is 25.1 Å². The first-order chi connectivity index (χ1) is 16.5. The molecule has 34 heavy (non-hydrogen) atoms. The number of methoxy groups -OCH3 is 1. The number of amides is 1. The van der Waals surface area contributed by atoms with Crippen molar-refractivity contribution in [2.45, 2.75) is 18.6 Å². The molecule has 0 bridgehead atoms. The van der Waals surface area contributed by atoms with Crippen molar-refractivity contribution in [1.29, 1.82) is 0 Å². The minimum Gasteiger partial charge on any atom is -0.495 e. The van der Waals surface area contributed by atoms with Crippen molar-refractivity contribution in [2.24, 2.45) is 0 Å². The summed E-state index contributed by atoms with van der Waals surface area (Å²) in [5, 5.41) is 16.1. The molecule has 2 N–H and O–H groups in total. The van der Waals surface area contributed by atoms with Gasteiger partial charge in [0.2, 0.25) is 5.91 Å². The third-order valence-corrected chi connectivity index (χ3v) is 6.15. The fraction of sp³-hybridized carbons (Fsp3) is 0.160. The van der Waals surface area contributed by atoms with E-state index in [1.165, 1.54) is 17.3 Å². The van der Waals surface area contributed by atoms with Gasteiger partial charge in [0.15, 0.2) is 11.0 Å². The largest absolute Gasteiger partial charge is 0.495 e.